The van der Waals surface area contributed by atoms with E-state index < -0.39 is 11.7 Å². The van der Waals surface area contributed by atoms with E-state index in [9.17, 15) is 18.0 Å². The fraction of sp³-hybridized carbons (Fsp3) is 0.192. The van der Waals surface area contributed by atoms with Crippen LogP contribution < -0.4 is 4.74 Å². The van der Waals surface area contributed by atoms with Gasteiger partial charge in [0.2, 0.25) is 5.91 Å². The van der Waals surface area contributed by atoms with Crippen LogP contribution in [-0.2, 0) is 11.0 Å². The molecule has 9 heteroatoms. The van der Waals surface area contributed by atoms with E-state index in [1.165, 1.54) is 12.1 Å². The van der Waals surface area contributed by atoms with Gasteiger partial charge in [0.15, 0.2) is 0 Å². The number of aromatic nitrogens is 3. The van der Waals surface area contributed by atoms with E-state index in [1.807, 2.05) is 6.07 Å². The van der Waals surface area contributed by atoms with Crippen molar-refractivity contribution in [1.29, 1.82) is 0 Å². The molecule has 4 aromatic rings. The SMILES string of the molecule is C=CC(=O)N1CC[C@@H](Oc2cnccc2-c2[nH]c3cccnc3c2-c2cccc(C(F)(F)F)c2)C1. The van der Waals surface area contributed by atoms with E-state index in [4.69, 9.17) is 4.74 Å². The maximum absolute atomic E-state index is 13.5. The van der Waals surface area contributed by atoms with Crippen molar-refractivity contribution in [3.63, 3.8) is 0 Å². The molecule has 0 aliphatic carbocycles. The maximum atomic E-state index is 13.5. The number of fused-ring (bicyclic) bond motifs is 1. The number of H-pyrrole nitrogens is 1. The van der Waals surface area contributed by atoms with E-state index in [0.717, 1.165) is 12.1 Å². The molecule has 1 aliphatic heterocycles. The number of amides is 1. The number of carbonyl (C=O) groups is 1. The Balaban J connectivity index is 1.60. The molecule has 1 fully saturated rings. The van der Waals surface area contributed by atoms with Crippen LogP contribution in [0.25, 0.3) is 33.4 Å². The van der Waals surface area contributed by atoms with Crippen LogP contribution in [0.15, 0.2) is 73.7 Å². The molecular weight excluding hydrogens is 457 g/mol. The van der Waals surface area contributed by atoms with Crippen LogP contribution in [0.2, 0.25) is 0 Å². The highest BCUT2D eigenvalue weighted by atomic mass is 19.4. The summed E-state index contributed by atoms with van der Waals surface area (Å²) in [7, 11) is 0. The van der Waals surface area contributed by atoms with Gasteiger partial charge in [0.1, 0.15) is 11.9 Å². The van der Waals surface area contributed by atoms with Crippen LogP contribution in [0.1, 0.15) is 12.0 Å². The molecular formula is C26H21F3N4O2. The number of hydrogen-bond donors (Lipinski definition) is 1. The van der Waals surface area contributed by atoms with Crippen molar-refractivity contribution < 1.29 is 22.7 Å². The molecule has 35 heavy (non-hydrogen) atoms. The van der Waals surface area contributed by atoms with Crippen LogP contribution in [0.4, 0.5) is 13.2 Å². The lowest BCUT2D eigenvalue weighted by Gasteiger charge is -2.18. The summed E-state index contributed by atoms with van der Waals surface area (Å²) in [4.78, 5) is 25.5. The second-order valence-electron chi connectivity index (χ2n) is 8.24. The van der Waals surface area contributed by atoms with Crippen molar-refractivity contribution in [2.75, 3.05) is 13.1 Å². The maximum Gasteiger partial charge on any atom is 0.416 e. The monoisotopic (exact) mass is 478 g/mol. The van der Waals surface area contributed by atoms with Gasteiger partial charge in [-0.1, -0.05) is 18.7 Å². The summed E-state index contributed by atoms with van der Waals surface area (Å²) in [5, 5.41) is 0. The largest absolute Gasteiger partial charge is 0.486 e. The average molecular weight is 478 g/mol. The molecule has 1 aromatic carbocycles. The van der Waals surface area contributed by atoms with Gasteiger partial charge in [0.05, 0.1) is 35.0 Å². The number of likely N-dealkylation sites (tertiary alicyclic amines) is 1. The number of carbonyl (C=O) groups excluding carboxylic acids is 1. The second-order valence-corrected chi connectivity index (χ2v) is 8.24. The molecule has 3 aromatic heterocycles. The van der Waals surface area contributed by atoms with E-state index in [0.29, 0.717) is 58.7 Å². The van der Waals surface area contributed by atoms with E-state index >= 15 is 0 Å². The molecule has 0 saturated carbocycles. The van der Waals surface area contributed by atoms with Gasteiger partial charge in [0, 0.05) is 36.5 Å². The first kappa shape index (κ1) is 22.6. The van der Waals surface area contributed by atoms with Crippen molar-refractivity contribution in [1.82, 2.24) is 19.9 Å². The van der Waals surface area contributed by atoms with Gasteiger partial charge in [0.25, 0.3) is 0 Å². The first-order chi connectivity index (χ1) is 16.8. The summed E-state index contributed by atoms with van der Waals surface area (Å²) in [6, 6.07) is 10.5. The van der Waals surface area contributed by atoms with Gasteiger partial charge in [-0.3, -0.25) is 14.8 Å². The summed E-state index contributed by atoms with van der Waals surface area (Å²) < 4.78 is 46.6. The molecule has 178 valence electrons. The number of aromatic amines is 1. The number of nitrogens with one attached hydrogen (secondary N) is 1. The van der Waals surface area contributed by atoms with Crippen LogP contribution in [-0.4, -0.2) is 45.0 Å². The first-order valence-corrected chi connectivity index (χ1v) is 11.0. The molecule has 1 aliphatic rings. The quantitative estimate of drug-likeness (QED) is 0.386. The number of rotatable bonds is 5. The predicted molar refractivity (Wildman–Crippen MR) is 126 cm³/mol. The molecule has 0 unspecified atom stereocenters. The van der Waals surface area contributed by atoms with Gasteiger partial charge in [-0.2, -0.15) is 13.2 Å². The van der Waals surface area contributed by atoms with Gasteiger partial charge < -0.3 is 14.6 Å². The van der Waals surface area contributed by atoms with E-state index in [2.05, 4.69) is 21.5 Å². The Morgan fingerprint density at radius 1 is 1.20 bits per heavy atom. The fourth-order valence-electron chi connectivity index (χ4n) is 4.37. The molecule has 4 heterocycles. The number of alkyl halides is 3. The summed E-state index contributed by atoms with van der Waals surface area (Å²) in [5.41, 5.74) is 2.63. The highest BCUT2D eigenvalue weighted by Gasteiger charge is 2.31. The highest BCUT2D eigenvalue weighted by Crippen LogP contribution is 2.42. The Labute approximate surface area is 199 Å². The third-order valence-corrected chi connectivity index (χ3v) is 6.01. The molecule has 6 nitrogen and oxygen atoms in total. The smallest absolute Gasteiger partial charge is 0.416 e. The van der Waals surface area contributed by atoms with Crippen molar-refractivity contribution in [2.45, 2.75) is 18.7 Å². The van der Waals surface area contributed by atoms with E-state index in [-0.39, 0.29) is 12.0 Å². The van der Waals surface area contributed by atoms with Crippen molar-refractivity contribution >= 4 is 16.9 Å². The van der Waals surface area contributed by atoms with Crippen LogP contribution in [0.5, 0.6) is 5.75 Å². The van der Waals surface area contributed by atoms with Crippen molar-refractivity contribution in [2.24, 2.45) is 0 Å². The molecule has 0 bridgehead atoms. The molecule has 1 amide bonds. The van der Waals surface area contributed by atoms with Crippen molar-refractivity contribution in [3.05, 3.63) is 79.3 Å². The van der Waals surface area contributed by atoms with Gasteiger partial charge in [-0.05, 0) is 42.0 Å². The molecule has 0 radical (unpaired) electrons. The van der Waals surface area contributed by atoms with Crippen LogP contribution >= 0.6 is 0 Å². The Morgan fingerprint density at radius 3 is 2.86 bits per heavy atom. The van der Waals surface area contributed by atoms with Gasteiger partial charge in [-0.15, -0.1) is 0 Å². The Bertz CT molecular complexity index is 1410. The number of nitrogens with zero attached hydrogens (tertiary/aromatic N) is 3. The normalized spacial score (nSPS) is 16.0. The molecule has 1 N–H and O–H groups in total. The molecule has 1 atom stereocenters. The summed E-state index contributed by atoms with van der Waals surface area (Å²) >= 11 is 0. The summed E-state index contributed by atoms with van der Waals surface area (Å²) in [6.45, 7) is 4.49. The number of ether oxygens (including phenoxy) is 1. The minimum absolute atomic E-state index is 0.156. The zero-order valence-corrected chi connectivity index (χ0v) is 18.5. The third kappa shape index (κ3) is 4.37. The van der Waals surface area contributed by atoms with Crippen LogP contribution in [0.3, 0.4) is 0 Å². The average Bonchev–Trinajstić information content (AvgIpc) is 3.48. The third-order valence-electron chi connectivity index (χ3n) is 6.01. The Kier molecular flexibility index (Phi) is 5.76. The first-order valence-electron chi connectivity index (χ1n) is 11.0. The minimum Gasteiger partial charge on any atom is -0.486 e. The lowest BCUT2D eigenvalue weighted by Crippen LogP contribution is -2.29. The number of hydrogen-bond acceptors (Lipinski definition) is 4. The Morgan fingerprint density at radius 2 is 2.06 bits per heavy atom. The zero-order chi connectivity index (χ0) is 24.6. The number of pyridine rings is 2. The van der Waals surface area contributed by atoms with Gasteiger partial charge >= 0.3 is 6.18 Å². The summed E-state index contributed by atoms with van der Waals surface area (Å²) in [6.07, 6.45) is 1.96. The predicted octanol–water partition coefficient (Wildman–Crippen LogP) is 5.48. The zero-order valence-electron chi connectivity index (χ0n) is 18.5. The molecule has 0 spiro atoms. The minimum atomic E-state index is -4.47. The number of halogens is 3. The summed E-state index contributed by atoms with van der Waals surface area (Å²) in [5.74, 6) is 0.307. The molecule has 5 rings (SSSR count). The standard InChI is InChI=1S/C26H21F3N4O2/c1-2-22(34)33-12-9-18(15-33)35-21-14-30-11-8-19(21)24-23(25-20(32-24)7-4-10-31-25)16-5-3-6-17(13-16)26(27,28)29/h2-8,10-11,13-14,18,32H,1,9,12,15H2/t18-/m1/s1. The Hall–Kier alpha value is -4.14. The second kappa shape index (κ2) is 8.90. The lowest BCUT2D eigenvalue weighted by molar-refractivity contribution is -0.137. The van der Waals surface area contributed by atoms with Crippen molar-refractivity contribution in [3.8, 4) is 28.1 Å². The van der Waals surface area contributed by atoms with Gasteiger partial charge in [-0.25, -0.2) is 0 Å². The molecule has 1 saturated heterocycles. The number of benzene rings is 1. The fourth-order valence-corrected chi connectivity index (χ4v) is 4.37. The lowest BCUT2D eigenvalue weighted by atomic mass is 9.98. The van der Waals surface area contributed by atoms with E-state index in [1.54, 1.807) is 41.7 Å². The van der Waals surface area contributed by atoms with Crippen LogP contribution in [0, 0.1) is 0 Å². The highest BCUT2D eigenvalue weighted by molar-refractivity contribution is 6.02. The topological polar surface area (TPSA) is 71.1 Å².